The Balaban J connectivity index is 1.99. The molecular weight excluding hydrogens is 469 g/mol. The van der Waals surface area contributed by atoms with Crippen LogP contribution in [0.1, 0.15) is 34.7 Å². The first-order valence-electron chi connectivity index (χ1n) is 11.3. The van der Waals surface area contributed by atoms with E-state index in [0.29, 0.717) is 43.1 Å². The van der Waals surface area contributed by atoms with Crippen LogP contribution < -0.4 is 9.47 Å². The van der Waals surface area contributed by atoms with Gasteiger partial charge >= 0.3 is 6.18 Å². The third kappa shape index (κ3) is 7.33. The van der Waals surface area contributed by atoms with E-state index in [0.717, 1.165) is 23.3 Å². The van der Waals surface area contributed by atoms with Gasteiger partial charge in [-0.15, -0.1) is 0 Å². The molecule has 0 unspecified atom stereocenters. The second kappa shape index (κ2) is 12.8. The van der Waals surface area contributed by atoms with Crippen LogP contribution in [-0.4, -0.2) is 33.1 Å². The number of hydrogen-bond donors (Lipinski definition) is 0. The first-order valence-corrected chi connectivity index (χ1v) is 11.3. The number of rotatable bonds is 11. The normalized spacial score (nSPS) is 12.6. The van der Waals surface area contributed by atoms with Gasteiger partial charge in [0.25, 0.3) is 0 Å². The maximum absolute atomic E-state index is 13.0. The number of aliphatic imine (C=N–C) groups is 1. The number of benzene rings is 3. The number of nitrogens with zero attached hydrogens (tertiary/aromatic N) is 2. The molecule has 0 radical (unpaired) electrons. The fraction of sp³-hybridized carbons (Fsp3) is 0.286. The molecule has 0 aliphatic heterocycles. The lowest BCUT2D eigenvalue weighted by atomic mass is 9.98. The van der Waals surface area contributed by atoms with Crippen molar-refractivity contribution in [2.45, 2.75) is 25.1 Å². The van der Waals surface area contributed by atoms with Crippen molar-refractivity contribution < 1.29 is 27.4 Å². The third-order valence-electron chi connectivity index (χ3n) is 5.47. The van der Waals surface area contributed by atoms with Gasteiger partial charge in [0.05, 0.1) is 25.3 Å². The van der Waals surface area contributed by atoms with E-state index in [1.807, 2.05) is 48.5 Å². The van der Waals surface area contributed by atoms with E-state index in [4.69, 9.17) is 14.2 Å². The Hall–Kier alpha value is -3.83. The Morgan fingerprint density at radius 2 is 1.67 bits per heavy atom. The molecule has 3 rings (SSSR count). The Morgan fingerprint density at radius 1 is 0.944 bits per heavy atom. The molecule has 5 nitrogen and oxygen atoms in total. The van der Waals surface area contributed by atoms with Crippen LogP contribution in [0.25, 0.3) is 0 Å². The van der Waals surface area contributed by atoms with Crippen molar-refractivity contribution in [3.63, 3.8) is 0 Å². The van der Waals surface area contributed by atoms with Crippen LogP contribution in [0.2, 0.25) is 0 Å². The van der Waals surface area contributed by atoms with Crippen molar-refractivity contribution in [1.29, 1.82) is 5.26 Å². The lowest BCUT2D eigenvalue weighted by Gasteiger charge is -2.18. The largest absolute Gasteiger partial charge is 0.493 e. The summed E-state index contributed by atoms with van der Waals surface area (Å²) in [6.07, 6.45) is -3.29. The zero-order valence-corrected chi connectivity index (χ0v) is 20.1. The standard InChI is InChI=1S/C28H27F3N2O3/c1-34-15-6-16-36-27-18-22(11-14-26(27)35-2)24(17-20-7-4-3-5-8-20)33-25(19-32)21-9-12-23(13-10-21)28(29,30)31/h3-5,7-14,18,24H,6,15-17H2,1-2H3/t24-/m1/s1. The minimum Gasteiger partial charge on any atom is -0.493 e. The average molecular weight is 497 g/mol. The second-order valence-corrected chi connectivity index (χ2v) is 7.98. The van der Waals surface area contributed by atoms with Crippen LogP contribution in [0, 0.1) is 11.3 Å². The van der Waals surface area contributed by atoms with E-state index >= 15 is 0 Å². The molecule has 0 fully saturated rings. The summed E-state index contributed by atoms with van der Waals surface area (Å²) in [6.45, 7) is 0.983. The van der Waals surface area contributed by atoms with Gasteiger partial charge < -0.3 is 14.2 Å². The van der Waals surface area contributed by atoms with Crippen LogP contribution in [-0.2, 0) is 17.3 Å². The highest BCUT2D eigenvalue weighted by atomic mass is 19.4. The van der Waals surface area contributed by atoms with E-state index < -0.39 is 17.8 Å². The van der Waals surface area contributed by atoms with Crippen LogP contribution >= 0.6 is 0 Å². The van der Waals surface area contributed by atoms with Crippen molar-refractivity contribution in [2.24, 2.45) is 4.99 Å². The minimum atomic E-state index is -4.46. The van der Waals surface area contributed by atoms with Gasteiger partial charge in [0.2, 0.25) is 0 Å². The maximum Gasteiger partial charge on any atom is 0.416 e. The molecule has 1 atom stereocenters. The molecule has 3 aromatic rings. The zero-order valence-electron chi connectivity index (χ0n) is 20.1. The number of methoxy groups -OCH3 is 2. The molecule has 0 aliphatic rings. The SMILES string of the molecule is COCCCOc1cc([C@@H](Cc2ccccc2)N=C(C#N)c2ccc(C(F)(F)F)cc2)ccc1OC. The van der Waals surface area contributed by atoms with Gasteiger partial charge in [0.1, 0.15) is 11.8 Å². The van der Waals surface area contributed by atoms with E-state index in [-0.39, 0.29) is 5.71 Å². The highest BCUT2D eigenvalue weighted by molar-refractivity contribution is 6.11. The lowest BCUT2D eigenvalue weighted by molar-refractivity contribution is -0.137. The van der Waals surface area contributed by atoms with Crippen molar-refractivity contribution >= 4 is 5.71 Å². The fourth-order valence-corrected chi connectivity index (χ4v) is 3.62. The van der Waals surface area contributed by atoms with Crippen molar-refractivity contribution in [2.75, 3.05) is 27.4 Å². The summed E-state index contributed by atoms with van der Waals surface area (Å²) in [6, 6.07) is 21.1. The van der Waals surface area contributed by atoms with Gasteiger partial charge in [-0.3, -0.25) is 4.99 Å². The smallest absolute Gasteiger partial charge is 0.416 e. The van der Waals surface area contributed by atoms with E-state index in [1.165, 1.54) is 12.1 Å². The summed E-state index contributed by atoms with van der Waals surface area (Å²) < 4.78 is 55.4. The second-order valence-electron chi connectivity index (χ2n) is 7.98. The fourth-order valence-electron chi connectivity index (χ4n) is 3.62. The average Bonchev–Trinajstić information content (AvgIpc) is 2.89. The van der Waals surface area contributed by atoms with Gasteiger partial charge in [0, 0.05) is 25.7 Å². The molecule has 188 valence electrons. The van der Waals surface area contributed by atoms with E-state index in [1.54, 1.807) is 20.3 Å². The highest BCUT2D eigenvalue weighted by Gasteiger charge is 2.30. The highest BCUT2D eigenvalue weighted by Crippen LogP contribution is 2.34. The molecular formula is C28H27F3N2O3. The number of halogens is 3. The molecule has 0 aliphatic carbocycles. The molecule has 0 amide bonds. The van der Waals surface area contributed by atoms with Crippen molar-refractivity contribution in [3.8, 4) is 17.6 Å². The van der Waals surface area contributed by atoms with Crippen LogP contribution in [0.15, 0.2) is 77.8 Å². The van der Waals surface area contributed by atoms with E-state index in [2.05, 4.69) is 4.99 Å². The van der Waals surface area contributed by atoms with Gasteiger partial charge in [-0.25, -0.2) is 0 Å². The topological polar surface area (TPSA) is 63.8 Å². The van der Waals surface area contributed by atoms with Gasteiger partial charge in [-0.1, -0.05) is 48.5 Å². The number of nitriles is 1. The summed E-state index contributed by atoms with van der Waals surface area (Å²) in [7, 11) is 3.17. The molecule has 8 heteroatoms. The first-order chi connectivity index (χ1) is 17.4. The summed E-state index contributed by atoms with van der Waals surface area (Å²) >= 11 is 0. The zero-order chi connectivity index (χ0) is 26.0. The monoisotopic (exact) mass is 496 g/mol. The molecule has 0 saturated carbocycles. The predicted molar refractivity (Wildman–Crippen MR) is 131 cm³/mol. The van der Waals surface area contributed by atoms with Crippen molar-refractivity contribution in [3.05, 3.63) is 95.1 Å². The first kappa shape index (κ1) is 26.8. The third-order valence-corrected chi connectivity index (χ3v) is 5.47. The quantitative estimate of drug-likeness (QED) is 0.227. The predicted octanol–water partition coefficient (Wildman–Crippen LogP) is 6.43. The maximum atomic E-state index is 13.0. The van der Waals surface area contributed by atoms with Crippen LogP contribution in [0.4, 0.5) is 13.2 Å². The Kier molecular flexibility index (Phi) is 9.48. The Morgan fingerprint density at radius 3 is 2.28 bits per heavy atom. The number of alkyl halides is 3. The van der Waals surface area contributed by atoms with Crippen LogP contribution in [0.3, 0.4) is 0 Å². The minimum absolute atomic E-state index is 0.0445. The van der Waals surface area contributed by atoms with Gasteiger partial charge in [-0.05, 0) is 41.8 Å². The lowest BCUT2D eigenvalue weighted by Crippen LogP contribution is -2.09. The molecule has 3 aromatic carbocycles. The summed E-state index contributed by atoms with van der Waals surface area (Å²) in [5.41, 5.74) is 1.35. The summed E-state index contributed by atoms with van der Waals surface area (Å²) in [5.74, 6) is 1.09. The molecule has 0 N–H and O–H groups in total. The summed E-state index contributed by atoms with van der Waals surface area (Å²) in [4.78, 5) is 4.69. The van der Waals surface area contributed by atoms with Gasteiger partial charge in [-0.2, -0.15) is 18.4 Å². The molecule has 0 heterocycles. The van der Waals surface area contributed by atoms with E-state index in [9.17, 15) is 18.4 Å². The number of ether oxygens (including phenoxy) is 3. The van der Waals surface area contributed by atoms with Crippen LogP contribution in [0.5, 0.6) is 11.5 Å². The Labute approximate surface area is 208 Å². The number of hydrogen-bond acceptors (Lipinski definition) is 5. The Bertz CT molecular complexity index is 1190. The van der Waals surface area contributed by atoms with Gasteiger partial charge in [0.15, 0.2) is 11.5 Å². The summed E-state index contributed by atoms with van der Waals surface area (Å²) in [5, 5.41) is 9.81. The van der Waals surface area contributed by atoms with Crippen molar-refractivity contribution in [1.82, 2.24) is 0 Å². The molecule has 36 heavy (non-hydrogen) atoms. The molecule has 0 spiro atoms. The molecule has 0 bridgehead atoms. The molecule has 0 aromatic heterocycles. The molecule has 0 saturated heterocycles.